The molecule has 0 saturated heterocycles. The van der Waals surface area contributed by atoms with E-state index >= 15 is 0 Å². The minimum Gasteiger partial charge on any atom is -0.478 e. The van der Waals surface area contributed by atoms with Crippen molar-refractivity contribution in [2.75, 3.05) is 0 Å². The molecule has 3 nitrogen and oxygen atoms in total. The maximum absolute atomic E-state index is 9.60. The van der Waals surface area contributed by atoms with Crippen molar-refractivity contribution in [3.05, 3.63) is 109 Å². The number of allylic oxidation sites excluding steroid dienone is 3. The molecule has 0 aliphatic rings. The third-order valence-electron chi connectivity index (χ3n) is 2.77. The van der Waals surface area contributed by atoms with Gasteiger partial charge < -0.3 is 5.11 Å². The molecule has 0 fully saturated rings. The third kappa shape index (κ3) is 12.9. The zero-order valence-corrected chi connectivity index (χ0v) is 14.9. The van der Waals surface area contributed by atoms with Crippen molar-refractivity contribution in [2.24, 2.45) is 0 Å². The van der Waals surface area contributed by atoms with Gasteiger partial charge in [-0.1, -0.05) is 98.1 Å². The molecule has 0 spiro atoms. The lowest BCUT2D eigenvalue weighted by Crippen LogP contribution is -1.92. The normalized spacial score (nSPS) is 9.23. The smallest absolute Gasteiger partial charge is 0.330 e. The molecule has 2 aromatic carbocycles. The Kier molecular flexibility index (Phi) is 12.8. The summed E-state index contributed by atoms with van der Waals surface area (Å²) < 4.78 is 0. The summed E-state index contributed by atoms with van der Waals surface area (Å²) in [6.07, 6.45) is 8.79. The summed E-state index contributed by atoms with van der Waals surface area (Å²) in [6, 6.07) is 21.9. The van der Waals surface area contributed by atoms with Gasteiger partial charge in [0, 0.05) is 11.6 Å². The van der Waals surface area contributed by atoms with Crippen LogP contribution in [0.25, 0.3) is 12.2 Å². The summed E-state index contributed by atoms with van der Waals surface area (Å²) in [5.74, 6) is -0.935. The molecule has 132 valence electrons. The molecule has 0 amide bonds. The number of rotatable bonds is 4. The first-order valence-corrected chi connectivity index (χ1v) is 7.85. The largest absolute Gasteiger partial charge is 0.478 e. The van der Waals surface area contributed by atoms with Gasteiger partial charge in [0.05, 0.1) is 6.07 Å². The Morgan fingerprint density at radius 2 is 1.46 bits per heavy atom. The Morgan fingerprint density at radius 3 is 1.81 bits per heavy atom. The van der Waals surface area contributed by atoms with Crippen molar-refractivity contribution in [1.29, 1.82) is 5.26 Å². The van der Waals surface area contributed by atoms with Crippen molar-refractivity contribution < 1.29 is 9.90 Å². The van der Waals surface area contributed by atoms with Gasteiger partial charge in [0.1, 0.15) is 0 Å². The SMILES string of the molecule is C=C(C)C(=O)O.C=Cc1ccccc1.N#CC=CC=Cc1ccccc1. The van der Waals surface area contributed by atoms with Crippen LogP contribution in [0.4, 0.5) is 0 Å². The first-order chi connectivity index (χ1) is 12.5. The van der Waals surface area contributed by atoms with Crippen LogP contribution in [0.3, 0.4) is 0 Å². The number of hydrogen-bond acceptors (Lipinski definition) is 2. The molecule has 0 aromatic heterocycles. The van der Waals surface area contributed by atoms with E-state index in [9.17, 15) is 4.79 Å². The van der Waals surface area contributed by atoms with Gasteiger partial charge in [0.25, 0.3) is 0 Å². The summed E-state index contributed by atoms with van der Waals surface area (Å²) in [6.45, 7) is 8.23. The molecule has 0 bridgehead atoms. The molecular formula is C23H23NO2. The van der Waals surface area contributed by atoms with Gasteiger partial charge in [0.15, 0.2) is 0 Å². The van der Waals surface area contributed by atoms with Crippen molar-refractivity contribution in [3.63, 3.8) is 0 Å². The molecule has 2 rings (SSSR count). The van der Waals surface area contributed by atoms with Crippen molar-refractivity contribution in [3.8, 4) is 6.07 Å². The van der Waals surface area contributed by atoms with Crippen LogP contribution in [0.1, 0.15) is 18.1 Å². The van der Waals surface area contributed by atoms with E-state index in [0.717, 1.165) is 5.56 Å². The lowest BCUT2D eigenvalue weighted by atomic mass is 10.2. The zero-order valence-electron chi connectivity index (χ0n) is 14.9. The van der Waals surface area contributed by atoms with Crippen LogP contribution in [-0.4, -0.2) is 11.1 Å². The van der Waals surface area contributed by atoms with Crippen molar-refractivity contribution >= 4 is 18.1 Å². The molecule has 0 saturated carbocycles. The van der Waals surface area contributed by atoms with E-state index in [4.69, 9.17) is 10.4 Å². The number of hydrogen-bond donors (Lipinski definition) is 1. The van der Waals surface area contributed by atoms with Crippen LogP contribution in [0.2, 0.25) is 0 Å². The molecular weight excluding hydrogens is 322 g/mol. The molecule has 0 aliphatic carbocycles. The van der Waals surface area contributed by atoms with Gasteiger partial charge in [-0.15, -0.1) is 0 Å². The van der Waals surface area contributed by atoms with Gasteiger partial charge in [-0.2, -0.15) is 5.26 Å². The maximum atomic E-state index is 9.60. The number of benzene rings is 2. The molecule has 26 heavy (non-hydrogen) atoms. The highest BCUT2D eigenvalue weighted by Gasteiger charge is 1.90. The quantitative estimate of drug-likeness (QED) is 0.435. The van der Waals surface area contributed by atoms with Crippen LogP contribution >= 0.6 is 0 Å². The number of carboxylic acids is 1. The second kappa shape index (κ2) is 14.9. The van der Waals surface area contributed by atoms with Gasteiger partial charge >= 0.3 is 5.97 Å². The molecule has 0 heterocycles. The lowest BCUT2D eigenvalue weighted by molar-refractivity contribution is -0.132. The lowest BCUT2D eigenvalue weighted by Gasteiger charge is -1.87. The molecule has 0 atom stereocenters. The van der Waals surface area contributed by atoms with Crippen LogP contribution in [0.15, 0.2) is 97.6 Å². The standard InChI is InChI=1S/C11H9N.C8H8.C4H6O2/c12-10-6-2-5-9-11-7-3-1-4-8-11;1-2-8-6-4-3-5-7-8;1-3(2)4(5)6/h1-9H;2-7H,1H2;1H2,2H3,(H,5,6). The number of aliphatic carboxylic acids is 1. The second-order valence-electron chi connectivity index (χ2n) is 4.96. The average Bonchev–Trinajstić information content (AvgIpc) is 2.68. The fourth-order valence-electron chi connectivity index (χ4n) is 1.42. The summed E-state index contributed by atoms with van der Waals surface area (Å²) >= 11 is 0. The summed E-state index contributed by atoms with van der Waals surface area (Å²) in [5.41, 5.74) is 2.49. The summed E-state index contributed by atoms with van der Waals surface area (Å²) in [4.78, 5) is 9.60. The Hall–Kier alpha value is -3.64. The Morgan fingerprint density at radius 1 is 1.00 bits per heavy atom. The molecule has 0 aliphatic heterocycles. The summed E-state index contributed by atoms with van der Waals surface area (Å²) in [5, 5.41) is 16.1. The van der Waals surface area contributed by atoms with Crippen LogP contribution in [0.5, 0.6) is 0 Å². The Labute approximate surface area is 155 Å². The van der Waals surface area contributed by atoms with Crippen LogP contribution < -0.4 is 0 Å². The molecule has 0 unspecified atom stereocenters. The second-order valence-corrected chi connectivity index (χ2v) is 4.96. The van der Waals surface area contributed by atoms with Gasteiger partial charge in [-0.25, -0.2) is 4.79 Å². The van der Waals surface area contributed by atoms with Crippen molar-refractivity contribution in [1.82, 2.24) is 0 Å². The van der Waals surface area contributed by atoms with Gasteiger partial charge in [-0.3, -0.25) is 0 Å². The zero-order chi connectivity index (χ0) is 19.6. The molecule has 1 N–H and O–H groups in total. The predicted molar refractivity (Wildman–Crippen MR) is 109 cm³/mol. The van der Waals surface area contributed by atoms with E-state index < -0.39 is 5.97 Å². The highest BCUT2D eigenvalue weighted by atomic mass is 16.4. The minimum atomic E-state index is -0.935. The van der Waals surface area contributed by atoms with Crippen LogP contribution in [-0.2, 0) is 4.79 Å². The Bertz CT molecular complexity index is 755. The summed E-state index contributed by atoms with van der Waals surface area (Å²) in [7, 11) is 0. The Balaban J connectivity index is 0.000000388. The van der Waals surface area contributed by atoms with E-state index in [1.54, 1.807) is 6.08 Å². The molecule has 0 radical (unpaired) electrons. The van der Waals surface area contributed by atoms with Crippen molar-refractivity contribution in [2.45, 2.75) is 6.92 Å². The van der Waals surface area contributed by atoms with E-state index in [2.05, 4.69) is 13.2 Å². The topological polar surface area (TPSA) is 61.1 Å². The number of carbonyl (C=O) groups is 1. The number of carboxylic acid groups (broad SMARTS) is 1. The predicted octanol–water partition coefficient (Wildman–Crippen LogP) is 5.76. The van der Waals surface area contributed by atoms with E-state index in [1.165, 1.54) is 18.6 Å². The van der Waals surface area contributed by atoms with Gasteiger partial charge in [-0.05, 0) is 18.1 Å². The minimum absolute atomic E-state index is 0.176. The monoisotopic (exact) mass is 345 g/mol. The first kappa shape index (κ1) is 22.4. The molecule has 2 aromatic rings. The fourth-order valence-corrected chi connectivity index (χ4v) is 1.42. The number of nitriles is 1. The highest BCUT2D eigenvalue weighted by Crippen LogP contribution is 2.00. The van der Waals surface area contributed by atoms with Crippen LogP contribution in [0, 0.1) is 11.3 Å². The van der Waals surface area contributed by atoms with Gasteiger partial charge in [0.2, 0.25) is 0 Å². The maximum Gasteiger partial charge on any atom is 0.330 e. The highest BCUT2D eigenvalue weighted by molar-refractivity contribution is 5.84. The third-order valence-corrected chi connectivity index (χ3v) is 2.77. The first-order valence-electron chi connectivity index (χ1n) is 7.85. The van der Waals surface area contributed by atoms with E-state index in [1.807, 2.05) is 85.0 Å². The number of nitrogens with zero attached hydrogens (tertiary/aromatic N) is 1. The van der Waals surface area contributed by atoms with E-state index in [0.29, 0.717) is 0 Å². The fraction of sp³-hybridized carbons (Fsp3) is 0.0435. The van der Waals surface area contributed by atoms with E-state index in [-0.39, 0.29) is 5.57 Å². The average molecular weight is 345 g/mol. The molecule has 3 heteroatoms.